The first kappa shape index (κ1) is 19.6. The number of rotatable bonds is 5. The van der Waals surface area contributed by atoms with Gasteiger partial charge in [-0.15, -0.1) is 0 Å². The van der Waals surface area contributed by atoms with Crippen molar-refractivity contribution in [3.05, 3.63) is 48.2 Å². The van der Waals surface area contributed by atoms with Gasteiger partial charge in [-0.3, -0.25) is 4.79 Å². The smallest absolute Gasteiger partial charge is 0.416 e. The zero-order valence-electron chi connectivity index (χ0n) is 16.6. The third-order valence-electron chi connectivity index (χ3n) is 4.73. The van der Waals surface area contributed by atoms with E-state index in [9.17, 15) is 14.4 Å². The third-order valence-corrected chi connectivity index (χ3v) is 4.73. The average Bonchev–Trinajstić information content (AvgIpc) is 3.37. The van der Waals surface area contributed by atoms with Crippen molar-refractivity contribution < 1.29 is 23.9 Å². The summed E-state index contributed by atoms with van der Waals surface area (Å²) in [5.41, 5.74) is 2.23. The molecule has 0 N–H and O–H groups in total. The number of amides is 2. The summed E-state index contributed by atoms with van der Waals surface area (Å²) in [6.45, 7) is 3.66. The molecule has 1 aliphatic rings. The molecule has 1 aromatic carbocycles. The van der Waals surface area contributed by atoms with Crippen LogP contribution in [0.2, 0.25) is 0 Å². The van der Waals surface area contributed by atoms with Gasteiger partial charge in [-0.25, -0.2) is 24.2 Å². The fraction of sp³-hybridized carbons (Fsp3) is 0.286. The summed E-state index contributed by atoms with van der Waals surface area (Å²) in [6, 6.07) is 11.1. The molecule has 154 valence electrons. The summed E-state index contributed by atoms with van der Waals surface area (Å²) in [6.07, 6.45) is 0.833. The predicted octanol–water partition coefficient (Wildman–Crippen LogP) is 2.81. The lowest BCUT2D eigenvalue weighted by Crippen LogP contribution is -2.35. The van der Waals surface area contributed by atoms with E-state index in [1.807, 2.05) is 44.2 Å². The van der Waals surface area contributed by atoms with Gasteiger partial charge in [-0.1, -0.05) is 30.3 Å². The van der Waals surface area contributed by atoms with E-state index in [1.165, 1.54) is 0 Å². The van der Waals surface area contributed by atoms with Gasteiger partial charge in [-0.2, -0.15) is 5.10 Å². The topological polar surface area (TPSA) is 104 Å². The number of carbonyl (C=O) groups excluding carboxylic acids is 3. The zero-order valence-corrected chi connectivity index (χ0v) is 16.6. The maximum atomic E-state index is 12.8. The highest BCUT2D eigenvalue weighted by Gasteiger charge is 2.29. The maximum absolute atomic E-state index is 12.8. The van der Waals surface area contributed by atoms with E-state index in [2.05, 4.69) is 5.10 Å². The fourth-order valence-electron chi connectivity index (χ4n) is 3.22. The minimum atomic E-state index is -0.730. The Bertz CT molecular complexity index is 1120. The molecule has 9 nitrogen and oxygen atoms in total. The molecule has 9 heteroatoms. The lowest BCUT2D eigenvalue weighted by Gasteiger charge is -2.12. The summed E-state index contributed by atoms with van der Waals surface area (Å²) in [4.78, 5) is 42.1. The van der Waals surface area contributed by atoms with Gasteiger partial charge >= 0.3 is 12.1 Å². The minimum Gasteiger partial charge on any atom is -0.452 e. The largest absolute Gasteiger partial charge is 0.452 e. The Kier molecular flexibility index (Phi) is 5.18. The summed E-state index contributed by atoms with van der Waals surface area (Å²) < 4.78 is 11.7. The van der Waals surface area contributed by atoms with Crippen molar-refractivity contribution in [2.45, 2.75) is 19.9 Å². The van der Waals surface area contributed by atoms with E-state index in [4.69, 9.17) is 14.5 Å². The van der Waals surface area contributed by atoms with Crippen LogP contribution < -0.4 is 0 Å². The number of pyridine rings is 1. The van der Waals surface area contributed by atoms with E-state index in [1.54, 1.807) is 16.9 Å². The molecule has 1 fully saturated rings. The van der Waals surface area contributed by atoms with Crippen LogP contribution in [0.1, 0.15) is 30.2 Å². The number of ether oxygens (including phenoxy) is 2. The van der Waals surface area contributed by atoms with Crippen LogP contribution in [0, 0.1) is 0 Å². The van der Waals surface area contributed by atoms with Crippen molar-refractivity contribution in [2.24, 2.45) is 0 Å². The molecule has 2 aromatic heterocycles. The summed E-state index contributed by atoms with van der Waals surface area (Å²) in [5.74, 6) is -1.32. The number of fused-ring (bicyclic) bond motifs is 1. The molecule has 0 aliphatic carbocycles. The SMILES string of the molecule is CC(C)n1ncc2c(C(=O)OCC(=O)N3CCOC3=O)cc(-c3ccccc3)nc21. The van der Waals surface area contributed by atoms with Crippen molar-refractivity contribution in [3.63, 3.8) is 0 Å². The number of cyclic esters (lactones) is 1. The van der Waals surface area contributed by atoms with E-state index in [-0.39, 0.29) is 24.8 Å². The van der Waals surface area contributed by atoms with E-state index in [0.717, 1.165) is 10.5 Å². The van der Waals surface area contributed by atoms with Crippen LogP contribution in [0.3, 0.4) is 0 Å². The first-order chi connectivity index (χ1) is 14.5. The molecule has 1 saturated heterocycles. The van der Waals surface area contributed by atoms with Crippen LogP contribution in [0.5, 0.6) is 0 Å². The van der Waals surface area contributed by atoms with Crippen LogP contribution in [0.25, 0.3) is 22.3 Å². The fourth-order valence-corrected chi connectivity index (χ4v) is 3.22. The van der Waals surface area contributed by atoms with Crippen LogP contribution in [0.4, 0.5) is 4.79 Å². The Hall–Kier alpha value is -3.75. The number of imide groups is 1. The van der Waals surface area contributed by atoms with Gasteiger partial charge in [0, 0.05) is 11.6 Å². The molecule has 0 bridgehead atoms. The molecule has 3 heterocycles. The van der Waals surface area contributed by atoms with E-state index < -0.39 is 24.6 Å². The Labute approximate surface area is 172 Å². The second-order valence-corrected chi connectivity index (χ2v) is 7.08. The quantitative estimate of drug-likeness (QED) is 0.598. The van der Waals surface area contributed by atoms with Crippen LogP contribution in [-0.2, 0) is 14.3 Å². The van der Waals surface area contributed by atoms with Crippen molar-refractivity contribution in [2.75, 3.05) is 19.8 Å². The Morgan fingerprint density at radius 3 is 2.67 bits per heavy atom. The first-order valence-corrected chi connectivity index (χ1v) is 9.53. The van der Waals surface area contributed by atoms with Crippen LogP contribution >= 0.6 is 0 Å². The lowest BCUT2D eigenvalue weighted by atomic mass is 10.1. The number of hydrogen-bond donors (Lipinski definition) is 0. The van der Waals surface area contributed by atoms with Gasteiger partial charge in [0.1, 0.15) is 6.61 Å². The highest BCUT2D eigenvalue weighted by molar-refractivity contribution is 6.04. The lowest BCUT2D eigenvalue weighted by molar-refractivity contribution is -0.131. The number of nitrogens with zero attached hydrogens (tertiary/aromatic N) is 4. The van der Waals surface area contributed by atoms with Crippen LogP contribution in [-0.4, -0.2) is 57.4 Å². The number of carbonyl (C=O) groups is 3. The Morgan fingerprint density at radius 1 is 1.23 bits per heavy atom. The van der Waals surface area contributed by atoms with Crippen molar-refractivity contribution >= 4 is 29.0 Å². The molecule has 1 aliphatic heterocycles. The second-order valence-electron chi connectivity index (χ2n) is 7.08. The van der Waals surface area contributed by atoms with Gasteiger partial charge < -0.3 is 9.47 Å². The maximum Gasteiger partial charge on any atom is 0.416 e. The molecular weight excluding hydrogens is 388 g/mol. The van der Waals surface area contributed by atoms with Gasteiger partial charge in [0.15, 0.2) is 12.3 Å². The minimum absolute atomic E-state index is 0.0349. The molecular formula is C21H20N4O5. The number of hydrogen-bond acceptors (Lipinski definition) is 7. The predicted molar refractivity (Wildman–Crippen MR) is 107 cm³/mol. The molecule has 0 radical (unpaired) electrons. The first-order valence-electron chi connectivity index (χ1n) is 9.53. The van der Waals surface area contributed by atoms with Crippen LogP contribution in [0.15, 0.2) is 42.6 Å². The molecule has 0 saturated carbocycles. The summed E-state index contributed by atoms with van der Waals surface area (Å²) in [7, 11) is 0. The molecule has 0 atom stereocenters. The number of benzene rings is 1. The highest BCUT2D eigenvalue weighted by Crippen LogP contribution is 2.26. The normalized spacial score (nSPS) is 13.7. The Balaban J connectivity index is 1.67. The molecule has 3 aromatic rings. The standard InChI is InChI=1S/C21H20N4O5/c1-13(2)25-19-16(11-22-25)15(10-17(23-19)14-6-4-3-5-7-14)20(27)30-12-18(26)24-8-9-29-21(24)28/h3-7,10-11,13H,8-9,12H2,1-2H3. The van der Waals surface area contributed by atoms with Crippen molar-refractivity contribution in [1.82, 2.24) is 19.7 Å². The number of aromatic nitrogens is 3. The summed E-state index contributed by atoms with van der Waals surface area (Å²) >= 11 is 0. The van der Waals surface area contributed by atoms with Gasteiger partial charge in [0.25, 0.3) is 5.91 Å². The average molecular weight is 408 g/mol. The third kappa shape index (κ3) is 3.61. The summed E-state index contributed by atoms with van der Waals surface area (Å²) in [5, 5.41) is 4.88. The van der Waals surface area contributed by atoms with Gasteiger partial charge in [-0.05, 0) is 19.9 Å². The molecule has 4 rings (SSSR count). The van der Waals surface area contributed by atoms with Gasteiger partial charge in [0.2, 0.25) is 0 Å². The Morgan fingerprint density at radius 2 is 2.00 bits per heavy atom. The van der Waals surface area contributed by atoms with Crippen molar-refractivity contribution in [3.8, 4) is 11.3 Å². The molecule has 30 heavy (non-hydrogen) atoms. The molecule has 0 unspecified atom stereocenters. The second kappa shape index (κ2) is 7.94. The van der Waals surface area contributed by atoms with Crippen molar-refractivity contribution in [1.29, 1.82) is 0 Å². The molecule has 2 amide bonds. The van der Waals surface area contributed by atoms with Gasteiger partial charge in [0.05, 0.1) is 29.4 Å². The van der Waals surface area contributed by atoms with E-state index >= 15 is 0 Å². The van der Waals surface area contributed by atoms with E-state index in [0.29, 0.717) is 16.7 Å². The monoisotopic (exact) mass is 408 g/mol. The zero-order chi connectivity index (χ0) is 21.3. The number of esters is 1. The molecule has 0 spiro atoms. The highest BCUT2D eigenvalue weighted by atomic mass is 16.6.